The number of nitrogens with two attached hydrogens (primary N) is 1. The fourth-order valence-electron chi connectivity index (χ4n) is 2.92. The van der Waals surface area contributed by atoms with E-state index < -0.39 is 17.8 Å². The average Bonchev–Trinajstić information content (AvgIpc) is 3.35. The van der Waals surface area contributed by atoms with Crippen molar-refractivity contribution in [3.8, 4) is 0 Å². The Balaban J connectivity index is 1.84. The monoisotopic (exact) mass is 388 g/mol. The number of halogens is 1. The maximum Gasteiger partial charge on any atom is 0.270 e. The highest BCUT2D eigenvalue weighted by atomic mass is 19.1. The molecule has 2 heterocycles. The minimum absolute atomic E-state index is 0.0627. The molecule has 1 atom stereocenters. The predicted octanol–water partition coefficient (Wildman–Crippen LogP) is 1.51. The molecular weight excluding hydrogens is 367 g/mol. The summed E-state index contributed by atoms with van der Waals surface area (Å²) < 4.78 is 23.6. The molecule has 8 nitrogen and oxygen atoms in total. The van der Waals surface area contributed by atoms with Crippen molar-refractivity contribution in [3.05, 3.63) is 54.2 Å². The van der Waals surface area contributed by atoms with Crippen LogP contribution in [0.1, 0.15) is 12.2 Å². The van der Waals surface area contributed by atoms with Crippen molar-refractivity contribution >= 4 is 23.2 Å². The number of anilines is 1. The number of carbonyl (C=O) groups excluding carboxylic acids is 2. The number of amides is 2. The molecule has 9 heteroatoms. The normalized spacial score (nSPS) is 16.1. The van der Waals surface area contributed by atoms with Crippen molar-refractivity contribution in [3.63, 3.8) is 0 Å². The Morgan fingerprint density at radius 1 is 1.36 bits per heavy atom. The van der Waals surface area contributed by atoms with Crippen LogP contribution in [0.25, 0.3) is 0 Å². The molecule has 1 aromatic carbocycles. The molecule has 1 aliphatic heterocycles. The predicted molar refractivity (Wildman–Crippen MR) is 99.9 cm³/mol. The minimum atomic E-state index is -0.822. The molecule has 0 bridgehead atoms. The Hall–Kier alpha value is -3.20. The van der Waals surface area contributed by atoms with Crippen molar-refractivity contribution in [1.29, 1.82) is 0 Å². The lowest BCUT2D eigenvalue weighted by Crippen LogP contribution is -2.41. The molecule has 3 rings (SSSR count). The van der Waals surface area contributed by atoms with Crippen molar-refractivity contribution in [2.24, 2.45) is 10.8 Å². The standard InChI is InChI=1S/C19H21FN4O4/c1-27-10-8-23(12-15-3-2-9-28-15)19(26)16-11-17(18(21)25)24(22-16)14-6-4-13(20)5-7-14/h2-7,9,17H,8,10-12H2,1H3,(H2,21,25). The molecule has 0 radical (unpaired) electrons. The summed E-state index contributed by atoms with van der Waals surface area (Å²) in [5.74, 6) is -0.761. The summed E-state index contributed by atoms with van der Waals surface area (Å²) in [7, 11) is 1.54. The third-order valence-corrected chi connectivity index (χ3v) is 4.36. The number of ether oxygens (including phenoxy) is 1. The third kappa shape index (κ3) is 4.37. The van der Waals surface area contributed by atoms with E-state index in [4.69, 9.17) is 14.9 Å². The molecule has 2 N–H and O–H groups in total. The molecule has 1 aromatic heterocycles. The molecule has 0 spiro atoms. The van der Waals surface area contributed by atoms with Crippen LogP contribution in [0.4, 0.5) is 10.1 Å². The van der Waals surface area contributed by atoms with Crippen molar-refractivity contribution < 1.29 is 23.1 Å². The Labute approximate surface area is 161 Å². The number of benzene rings is 1. The van der Waals surface area contributed by atoms with Gasteiger partial charge in [-0.1, -0.05) is 0 Å². The van der Waals surface area contributed by atoms with Crippen LogP contribution in [0.15, 0.2) is 52.2 Å². The fourth-order valence-corrected chi connectivity index (χ4v) is 2.92. The molecule has 0 saturated heterocycles. The van der Waals surface area contributed by atoms with Crippen LogP contribution in [0.3, 0.4) is 0 Å². The largest absolute Gasteiger partial charge is 0.467 e. The highest BCUT2D eigenvalue weighted by molar-refractivity contribution is 6.40. The van der Waals surface area contributed by atoms with Gasteiger partial charge in [0.2, 0.25) is 5.91 Å². The topological polar surface area (TPSA) is 101 Å². The molecule has 0 aliphatic carbocycles. The Kier molecular flexibility index (Phi) is 6.05. The second-order valence-corrected chi connectivity index (χ2v) is 6.29. The number of primary amides is 1. The fraction of sp³-hybridized carbons (Fsp3) is 0.316. The van der Waals surface area contributed by atoms with E-state index in [-0.39, 0.29) is 24.6 Å². The number of hydrazone groups is 1. The van der Waals surface area contributed by atoms with E-state index in [0.717, 1.165) is 0 Å². The molecule has 2 amide bonds. The summed E-state index contributed by atoms with van der Waals surface area (Å²) in [5, 5.41) is 5.67. The molecule has 0 saturated carbocycles. The molecular formula is C19H21FN4O4. The number of nitrogens with zero attached hydrogens (tertiary/aromatic N) is 3. The van der Waals surface area contributed by atoms with E-state index in [0.29, 0.717) is 24.6 Å². The minimum Gasteiger partial charge on any atom is -0.467 e. The first kappa shape index (κ1) is 19.6. The van der Waals surface area contributed by atoms with E-state index in [9.17, 15) is 14.0 Å². The first-order valence-electron chi connectivity index (χ1n) is 8.71. The zero-order valence-electron chi connectivity index (χ0n) is 15.4. The van der Waals surface area contributed by atoms with E-state index in [1.807, 2.05) is 0 Å². The van der Waals surface area contributed by atoms with Crippen molar-refractivity contribution in [2.75, 3.05) is 25.3 Å². The lowest BCUT2D eigenvalue weighted by molar-refractivity contribution is -0.125. The molecule has 0 fully saturated rings. The highest BCUT2D eigenvalue weighted by Gasteiger charge is 2.36. The van der Waals surface area contributed by atoms with Gasteiger partial charge in [0.1, 0.15) is 23.3 Å². The first-order valence-corrected chi connectivity index (χ1v) is 8.71. The molecule has 28 heavy (non-hydrogen) atoms. The van der Waals surface area contributed by atoms with E-state index >= 15 is 0 Å². The van der Waals surface area contributed by atoms with Gasteiger partial charge >= 0.3 is 0 Å². The van der Waals surface area contributed by atoms with Crippen LogP contribution >= 0.6 is 0 Å². The van der Waals surface area contributed by atoms with Gasteiger partial charge in [0.25, 0.3) is 5.91 Å². The van der Waals surface area contributed by atoms with Gasteiger partial charge in [-0.05, 0) is 36.4 Å². The average molecular weight is 388 g/mol. The first-order chi connectivity index (χ1) is 13.5. The SMILES string of the molecule is COCCN(Cc1ccco1)C(=O)C1=NN(c2ccc(F)cc2)C(C(N)=O)C1. The number of rotatable bonds is 8. The molecule has 1 unspecified atom stereocenters. The van der Waals surface area contributed by atoms with Crippen molar-refractivity contribution in [1.82, 2.24) is 4.90 Å². The van der Waals surface area contributed by atoms with Gasteiger partial charge < -0.3 is 19.8 Å². The van der Waals surface area contributed by atoms with Crippen LogP contribution in [-0.2, 0) is 20.9 Å². The summed E-state index contributed by atoms with van der Waals surface area (Å²) in [4.78, 5) is 26.5. The van der Waals surface area contributed by atoms with Crippen molar-refractivity contribution in [2.45, 2.75) is 19.0 Å². The van der Waals surface area contributed by atoms with E-state index in [2.05, 4.69) is 5.10 Å². The molecule has 1 aliphatic rings. The second-order valence-electron chi connectivity index (χ2n) is 6.29. The Morgan fingerprint density at radius 2 is 2.11 bits per heavy atom. The van der Waals surface area contributed by atoms with Crippen LogP contribution in [0, 0.1) is 5.82 Å². The quantitative estimate of drug-likeness (QED) is 0.739. The number of hydrogen-bond acceptors (Lipinski definition) is 6. The summed E-state index contributed by atoms with van der Waals surface area (Å²) >= 11 is 0. The zero-order valence-corrected chi connectivity index (χ0v) is 15.4. The highest BCUT2D eigenvalue weighted by Crippen LogP contribution is 2.25. The Bertz CT molecular complexity index is 851. The number of carbonyl (C=O) groups is 2. The van der Waals surface area contributed by atoms with Crippen LogP contribution in [0.2, 0.25) is 0 Å². The third-order valence-electron chi connectivity index (χ3n) is 4.36. The molecule has 148 valence electrons. The van der Waals surface area contributed by atoms with Gasteiger partial charge in [-0.15, -0.1) is 0 Å². The maximum atomic E-state index is 13.2. The number of furan rings is 1. The van der Waals surface area contributed by atoms with E-state index in [1.165, 1.54) is 40.4 Å². The van der Waals surface area contributed by atoms with E-state index in [1.54, 1.807) is 19.2 Å². The second kappa shape index (κ2) is 8.66. The summed E-state index contributed by atoms with van der Waals surface area (Å²) in [6, 6.07) is 8.15. The van der Waals surface area contributed by atoms with Gasteiger partial charge in [-0.2, -0.15) is 5.10 Å². The van der Waals surface area contributed by atoms with Crippen LogP contribution in [0.5, 0.6) is 0 Å². The zero-order chi connectivity index (χ0) is 20.1. The van der Waals surface area contributed by atoms with Gasteiger partial charge in [-0.25, -0.2) is 4.39 Å². The van der Waals surface area contributed by atoms with Gasteiger partial charge in [0, 0.05) is 20.1 Å². The lowest BCUT2D eigenvalue weighted by Gasteiger charge is -2.21. The number of methoxy groups -OCH3 is 1. The van der Waals surface area contributed by atoms with Gasteiger partial charge in [0.15, 0.2) is 0 Å². The maximum absolute atomic E-state index is 13.2. The van der Waals surface area contributed by atoms with Crippen LogP contribution < -0.4 is 10.7 Å². The Morgan fingerprint density at radius 3 is 2.71 bits per heavy atom. The summed E-state index contributed by atoms with van der Waals surface area (Å²) in [6.45, 7) is 0.902. The summed E-state index contributed by atoms with van der Waals surface area (Å²) in [5.41, 5.74) is 6.16. The van der Waals surface area contributed by atoms with Gasteiger partial charge in [-0.3, -0.25) is 14.6 Å². The summed E-state index contributed by atoms with van der Waals surface area (Å²) in [6.07, 6.45) is 1.59. The lowest BCUT2D eigenvalue weighted by atomic mass is 10.1. The van der Waals surface area contributed by atoms with Crippen LogP contribution in [-0.4, -0.2) is 48.7 Å². The molecule has 2 aromatic rings. The smallest absolute Gasteiger partial charge is 0.270 e. The van der Waals surface area contributed by atoms with Gasteiger partial charge in [0.05, 0.1) is 25.1 Å². The number of hydrogen-bond donors (Lipinski definition) is 1.